The summed E-state index contributed by atoms with van der Waals surface area (Å²) in [6.45, 7) is 1.97. The Kier molecular flexibility index (Phi) is 4.50. The SMILES string of the molecule is COc1ccccc1-c1c(Nc2ccccc2C)oc2c1c(=O)n(C)c(=O)n2C. The lowest BCUT2D eigenvalue weighted by molar-refractivity contribution is 0.416. The van der Waals surface area contributed by atoms with E-state index in [2.05, 4.69) is 5.32 Å². The summed E-state index contributed by atoms with van der Waals surface area (Å²) < 4.78 is 14.0. The summed E-state index contributed by atoms with van der Waals surface area (Å²) in [6.07, 6.45) is 0. The normalized spacial score (nSPS) is 11.0. The predicted molar refractivity (Wildman–Crippen MR) is 113 cm³/mol. The molecule has 0 fully saturated rings. The highest BCUT2D eigenvalue weighted by Gasteiger charge is 2.25. The largest absolute Gasteiger partial charge is 0.496 e. The molecule has 0 aliphatic carbocycles. The van der Waals surface area contributed by atoms with Gasteiger partial charge >= 0.3 is 5.69 Å². The third kappa shape index (κ3) is 2.91. The minimum absolute atomic E-state index is 0.204. The Morgan fingerprint density at radius 1 is 0.966 bits per heavy atom. The first-order chi connectivity index (χ1) is 13.9. The lowest BCUT2D eigenvalue weighted by Gasteiger charge is -2.11. The van der Waals surface area contributed by atoms with Crippen molar-refractivity contribution < 1.29 is 9.15 Å². The van der Waals surface area contributed by atoms with Crippen LogP contribution in [0.4, 0.5) is 11.6 Å². The van der Waals surface area contributed by atoms with Crippen molar-refractivity contribution >= 4 is 22.7 Å². The molecule has 1 N–H and O–H groups in total. The van der Waals surface area contributed by atoms with Crippen LogP contribution in [0.2, 0.25) is 0 Å². The third-order valence-electron chi connectivity index (χ3n) is 5.06. The first-order valence-corrected chi connectivity index (χ1v) is 9.12. The molecular formula is C22H21N3O4. The minimum Gasteiger partial charge on any atom is -0.496 e. The predicted octanol–water partition coefficient (Wildman–Crippen LogP) is 3.56. The molecule has 29 heavy (non-hydrogen) atoms. The van der Waals surface area contributed by atoms with E-state index < -0.39 is 11.2 Å². The van der Waals surface area contributed by atoms with Crippen LogP contribution in [0, 0.1) is 6.92 Å². The summed E-state index contributed by atoms with van der Waals surface area (Å²) in [5, 5.41) is 3.60. The topological polar surface area (TPSA) is 78.4 Å². The molecule has 0 spiro atoms. The number of anilines is 2. The Bertz CT molecular complexity index is 1340. The number of nitrogens with one attached hydrogen (secondary N) is 1. The minimum atomic E-state index is -0.453. The second-order valence-corrected chi connectivity index (χ2v) is 6.83. The fourth-order valence-corrected chi connectivity index (χ4v) is 3.45. The van der Waals surface area contributed by atoms with Gasteiger partial charge in [-0.25, -0.2) is 4.79 Å². The average Bonchev–Trinajstić information content (AvgIpc) is 3.11. The van der Waals surface area contributed by atoms with E-state index in [-0.39, 0.29) is 5.71 Å². The number of para-hydroxylation sites is 2. The van der Waals surface area contributed by atoms with Gasteiger partial charge in [0.05, 0.1) is 12.7 Å². The number of furan rings is 1. The molecule has 2 heterocycles. The van der Waals surface area contributed by atoms with Crippen molar-refractivity contribution in [3.63, 3.8) is 0 Å². The van der Waals surface area contributed by atoms with Crippen LogP contribution in [0.25, 0.3) is 22.2 Å². The van der Waals surface area contributed by atoms with Crippen LogP contribution in [0.1, 0.15) is 5.56 Å². The number of fused-ring (bicyclic) bond motifs is 1. The summed E-state index contributed by atoms with van der Waals surface area (Å²) >= 11 is 0. The maximum absolute atomic E-state index is 13.0. The number of ether oxygens (including phenoxy) is 1. The highest BCUT2D eigenvalue weighted by atomic mass is 16.5. The van der Waals surface area contributed by atoms with Gasteiger partial charge in [-0.2, -0.15) is 0 Å². The van der Waals surface area contributed by atoms with Gasteiger partial charge in [-0.3, -0.25) is 13.9 Å². The van der Waals surface area contributed by atoms with Gasteiger partial charge < -0.3 is 14.5 Å². The summed E-state index contributed by atoms with van der Waals surface area (Å²) in [4.78, 5) is 25.5. The van der Waals surface area contributed by atoms with Gasteiger partial charge in [0.25, 0.3) is 5.56 Å². The van der Waals surface area contributed by atoms with Crippen LogP contribution in [-0.2, 0) is 14.1 Å². The van der Waals surface area contributed by atoms with Crippen LogP contribution < -0.4 is 21.3 Å². The number of aryl methyl sites for hydroxylation is 2. The highest BCUT2D eigenvalue weighted by molar-refractivity contribution is 6.01. The quantitative estimate of drug-likeness (QED) is 0.576. The second-order valence-electron chi connectivity index (χ2n) is 6.83. The standard InChI is InChI=1S/C22H21N3O4/c1-13-9-5-7-11-15(13)23-19-17(14-10-6-8-12-16(14)28-4)18-20(26)24(2)22(27)25(3)21(18)29-19/h5-12,23H,1-4H3. The van der Waals surface area contributed by atoms with Crippen molar-refractivity contribution in [2.75, 3.05) is 12.4 Å². The molecule has 0 saturated heterocycles. The van der Waals surface area contributed by atoms with Gasteiger partial charge in [-0.1, -0.05) is 36.4 Å². The Labute approximate surface area is 166 Å². The van der Waals surface area contributed by atoms with Crippen molar-refractivity contribution in [3.05, 3.63) is 74.9 Å². The number of aromatic nitrogens is 2. The smallest absolute Gasteiger partial charge is 0.333 e. The summed E-state index contributed by atoms with van der Waals surface area (Å²) in [7, 11) is 4.61. The second kappa shape index (κ2) is 7.01. The van der Waals surface area contributed by atoms with E-state index in [1.54, 1.807) is 14.2 Å². The molecule has 0 bridgehead atoms. The molecule has 7 nitrogen and oxygen atoms in total. The van der Waals surface area contributed by atoms with E-state index >= 15 is 0 Å². The fraction of sp³-hybridized carbons (Fsp3) is 0.182. The number of benzene rings is 2. The van der Waals surface area contributed by atoms with E-state index in [9.17, 15) is 9.59 Å². The Balaban J connectivity index is 2.12. The molecule has 4 rings (SSSR count). The first-order valence-electron chi connectivity index (χ1n) is 9.12. The molecular weight excluding hydrogens is 370 g/mol. The van der Waals surface area contributed by atoms with Crippen LogP contribution in [0.5, 0.6) is 5.75 Å². The molecule has 2 aromatic heterocycles. The van der Waals surface area contributed by atoms with Crippen molar-refractivity contribution in [2.45, 2.75) is 6.92 Å². The lowest BCUT2D eigenvalue weighted by atomic mass is 10.0. The summed E-state index contributed by atoms with van der Waals surface area (Å²) in [5.74, 6) is 0.969. The Hall–Kier alpha value is -3.74. The van der Waals surface area contributed by atoms with Gasteiger partial charge in [0, 0.05) is 25.3 Å². The third-order valence-corrected chi connectivity index (χ3v) is 5.06. The van der Waals surface area contributed by atoms with Gasteiger partial charge in [-0.05, 0) is 24.6 Å². The molecule has 148 valence electrons. The Morgan fingerprint density at radius 2 is 1.66 bits per heavy atom. The van der Waals surface area contributed by atoms with Gasteiger partial charge in [0.1, 0.15) is 11.1 Å². The van der Waals surface area contributed by atoms with Crippen LogP contribution in [0.15, 0.2) is 62.5 Å². The van der Waals surface area contributed by atoms with Crippen LogP contribution >= 0.6 is 0 Å². The molecule has 0 amide bonds. The zero-order valence-corrected chi connectivity index (χ0v) is 16.6. The molecule has 7 heteroatoms. The lowest BCUT2D eigenvalue weighted by Crippen LogP contribution is -2.36. The van der Waals surface area contributed by atoms with Crippen LogP contribution in [-0.4, -0.2) is 16.2 Å². The summed E-state index contributed by atoms with van der Waals surface area (Å²) in [5.41, 5.74) is 2.42. The van der Waals surface area contributed by atoms with Gasteiger partial charge in [0.2, 0.25) is 11.6 Å². The fourth-order valence-electron chi connectivity index (χ4n) is 3.45. The molecule has 2 aromatic carbocycles. The van der Waals surface area contributed by atoms with E-state index in [0.29, 0.717) is 28.1 Å². The van der Waals surface area contributed by atoms with Gasteiger partial charge in [-0.15, -0.1) is 0 Å². The van der Waals surface area contributed by atoms with E-state index in [1.807, 2.05) is 55.5 Å². The zero-order valence-electron chi connectivity index (χ0n) is 16.6. The van der Waals surface area contributed by atoms with Crippen molar-refractivity contribution in [2.24, 2.45) is 14.1 Å². The first kappa shape index (κ1) is 18.6. The molecule has 4 aromatic rings. The number of nitrogens with zero attached hydrogens (tertiary/aromatic N) is 2. The summed E-state index contributed by atoms with van der Waals surface area (Å²) in [6, 6.07) is 15.1. The number of hydrogen-bond acceptors (Lipinski definition) is 5. The molecule has 0 unspecified atom stereocenters. The van der Waals surface area contributed by atoms with E-state index in [1.165, 1.54) is 11.6 Å². The van der Waals surface area contributed by atoms with Gasteiger partial charge in [0.15, 0.2) is 0 Å². The maximum atomic E-state index is 13.0. The maximum Gasteiger partial charge on any atom is 0.333 e. The van der Waals surface area contributed by atoms with Crippen LogP contribution in [0.3, 0.4) is 0 Å². The number of hydrogen-bond donors (Lipinski definition) is 1. The molecule has 0 atom stereocenters. The van der Waals surface area contributed by atoms with E-state index in [4.69, 9.17) is 9.15 Å². The average molecular weight is 391 g/mol. The van der Waals surface area contributed by atoms with Crippen molar-refractivity contribution in [1.29, 1.82) is 0 Å². The highest BCUT2D eigenvalue weighted by Crippen LogP contribution is 2.42. The molecule has 0 saturated carbocycles. The van der Waals surface area contributed by atoms with Crippen molar-refractivity contribution in [1.82, 2.24) is 9.13 Å². The number of rotatable bonds is 4. The van der Waals surface area contributed by atoms with E-state index in [0.717, 1.165) is 15.8 Å². The monoisotopic (exact) mass is 391 g/mol. The van der Waals surface area contributed by atoms with Crippen molar-refractivity contribution in [3.8, 4) is 16.9 Å². The molecule has 0 aliphatic rings. The zero-order chi connectivity index (χ0) is 20.7. The molecule has 0 aliphatic heterocycles. The Morgan fingerprint density at radius 3 is 2.38 bits per heavy atom. The number of methoxy groups -OCH3 is 1. The molecule has 0 radical (unpaired) electrons.